The van der Waals surface area contributed by atoms with Crippen LogP contribution in [0.25, 0.3) is 0 Å². The molecule has 23 heavy (non-hydrogen) atoms. The largest absolute Gasteiger partial charge is 0.444 e. The molecule has 1 aromatic carbocycles. The van der Waals surface area contributed by atoms with E-state index in [1.54, 1.807) is 0 Å². The van der Waals surface area contributed by atoms with Gasteiger partial charge in [-0.05, 0) is 50.3 Å². The van der Waals surface area contributed by atoms with Gasteiger partial charge in [-0.1, -0.05) is 30.3 Å². The van der Waals surface area contributed by atoms with Crippen LogP contribution in [-0.2, 0) is 11.3 Å². The van der Waals surface area contributed by atoms with Crippen LogP contribution >= 0.6 is 0 Å². The van der Waals surface area contributed by atoms with E-state index in [1.807, 2.05) is 31.7 Å². The van der Waals surface area contributed by atoms with Crippen molar-refractivity contribution in [3.8, 4) is 0 Å². The van der Waals surface area contributed by atoms with E-state index in [2.05, 4.69) is 29.6 Å². The Morgan fingerprint density at radius 3 is 2.35 bits per heavy atom. The van der Waals surface area contributed by atoms with Crippen molar-refractivity contribution in [1.29, 1.82) is 0 Å². The average molecular weight is 314 g/mol. The fourth-order valence-electron chi connectivity index (χ4n) is 3.28. The van der Waals surface area contributed by atoms with Crippen LogP contribution in [0.2, 0.25) is 0 Å². The van der Waals surface area contributed by atoms with E-state index in [-0.39, 0.29) is 6.09 Å². The van der Waals surface area contributed by atoms with Gasteiger partial charge in [0.25, 0.3) is 0 Å². The molecule has 0 aromatic heterocycles. The van der Waals surface area contributed by atoms with Crippen LogP contribution in [-0.4, -0.2) is 35.7 Å². The lowest BCUT2D eigenvalue weighted by molar-refractivity contribution is 0.0295. The topological polar surface area (TPSA) is 41.6 Å². The molecule has 0 spiro atoms. The fourth-order valence-corrected chi connectivity index (χ4v) is 3.28. The second kappa shape index (κ2) is 6.36. The third kappa shape index (κ3) is 4.14. The van der Waals surface area contributed by atoms with Crippen LogP contribution in [0.3, 0.4) is 0 Å². The van der Waals surface area contributed by atoms with E-state index in [4.69, 9.17) is 4.74 Å². The van der Waals surface area contributed by atoms with Gasteiger partial charge < -0.3 is 15.0 Å². The number of ether oxygens (including phenoxy) is 1. The lowest BCUT2D eigenvalue weighted by Crippen LogP contribution is -2.37. The summed E-state index contributed by atoms with van der Waals surface area (Å²) in [5, 5.41) is 3.63. The van der Waals surface area contributed by atoms with Crippen LogP contribution in [0.5, 0.6) is 0 Å². The van der Waals surface area contributed by atoms with Gasteiger partial charge >= 0.3 is 6.09 Å². The zero-order valence-electron chi connectivity index (χ0n) is 14.3. The molecule has 124 valence electrons. The van der Waals surface area contributed by atoms with Gasteiger partial charge in [-0.2, -0.15) is 0 Å². The summed E-state index contributed by atoms with van der Waals surface area (Å²) in [6, 6.07) is 11.0. The second-order valence-electron chi connectivity index (χ2n) is 7.52. The number of hydrogen-bond donors (Lipinski definition) is 1. The van der Waals surface area contributed by atoms with E-state index >= 15 is 0 Å². The SMILES string of the molecule is CC(C)(C)OC(=O)N1CC2=C(CC(NCc3ccccc3)C2)C1. The zero-order valence-corrected chi connectivity index (χ0v) is 14.3. The van der Waals surface area contributed by atoms with Crippen molar-refractivity contribution in [3.05, 3.63) is 47.0 Å². The first-order chi connectivity index (χ1) is 10.9. The van der Waals surface area contributed by atoms with Crippen LogP contribution in [0.1, 0.15) is 39.2 Å². The molecule has 0 saturated heterocycles. The molecule has 1 aliphatic heterocycles. The zero-order chi connectivity index (χ0) is 16.4. The third-order valence-corrected chi connectivity index (χ3v) is 4.34. The minimum atomic E-state index is -0.427. The lowest BCUT2D eigenvalue weighted by atomic mass is 10.1. The summed E-state index contributed by atoms with van der Waals surface area (Å²) in [7, 11) is 0. The Hall–Kier alpha value is -1.81. The van der Waals surface area contributed by atoms with Crippen molar-refractivity contribution < 1.29 is 9.53 Å². The molecule has 4 heteroatoms. The van der Waals surface area contributed by atoms with E-state index < -0.39 is 5.60 Å². The Bertz CT molecular complexity index is 584. The van der Waals surface area contributed by atoms with Crippen molar-refractivity contribution in [2.45, 2.75) is 51.8 Å². The average Bonchev–Trinajstić information content (AvgIpc) is 3.02. The highest BCUT2D eigenvalue weighted by Gasteiger charge is 2.34. The summed E-state index contributed by atoms with van der Waals surface area (Å²) in [6.07, 6.45) is 1.89. The molecule has 0 fully saturated rings. The number of rotatable bonds is 3. The van der Waals surface area contributed by atoms with Crippen LogP contribution in [0.4, 0.5) is 4.79 Å². The molecule has 2 aliphatic rings. The molecule has 0 bridgehead atoms. The molecule has 0 atom stereocenters. The number of carbonyl (C=O) groups excluding carboxylic acids is 1. The van der Waals surface area contributed by atoms with Crippen molar-refractivity contribution in [3.63, 3.8) is 0 Å². The van der Waals surface area contributed by atoms with E-state index in [0.29, 0.717) is 6.04 Å². The number of nitrogens with zero attached hydrogens (tertiary/aromatic N) is 1. The normalized spacial score (nSPS) is 18.5. The summed E-state index contributed by atoms with van der Waals surface area (Å²) in [5.41, 5.74) is 3.72. The van der Waals surface area contributed by atoms with Crippen LogP contribution < -0.4 is 5.32 Å². The molecule has 0 radical (unpaired) electrons. The predicted octanol–water partition coefficient (Wildman–Crippen LogP) is 3.49. The minimum Gasteiger partial charge on any atom is -0.444 e. The van der Waals surface area contributed by atoms with Crippen molar-refractivity contribution in [1.82, 2.24) is 10.2 Å². The van der Waals surface area contributed by atoms with Crippen LogP contribution in [0.15, 0.2) is 41.5 Å². The summed E-state index contributed by atoms with van der Waals surface area (Å²) < 4.78 is 5.46. The molecular formula is C19H26N2O2. The first-order valence-electron chi connectivity index (χ1n) is 8.36. The molecule has 1 N–H and O–H groups in total. The number of nitrogens with one attached hydrogen (secondary N) is 1. The first-order valence-corrected chi connectivity index (χ1v) is 8.36. The fraction of sp³-hybridized carbons (Fsp3) is 0.526. The molecular weight excluding hydrogens is 288 g/mol. The predicted molar refractivity (Wildman–Crippen MR) is 91.1 cm³/mol. The number of benzene rings is 1. The Labute approximate surface area is 138 Å². The number of likely N-dealkylation sites (tertiary alicyclic amines) is 1. The Balaban J connectivity index is 1.46. The molecule has 0 saturated carbocycles. The smallest absolute Gasteiger partial charge is 0.410 e. The monoisotopic (exact) mass is 314 g/mol. The highest BCUT2D eigenvalue weighted by Crippen LogP contribution is 2.33. The summed E-state index contributed by atoms with van der Waals surface area (Å²) in [5.74, 6) is 0. The van der Waals surface area contributed by atoms with Gasteiger partial charge in [0.1, 0.15) is 5.60 Å². The molecule has 1 heterocycles. The van der Waals surface area contributed by atoms with Crippen molar-refractivity contribution in [2.24, 2.45) is 0 Å². The first kappa shape index (κ1) is 16.1. The Morgan fingerprint density at radius 1 is 1.17 bits per heavy atom. The summed E-state index contributed by atoms with van der Waals surface area (Å²) in [6.45, 7) is 8.09. The Morgan fingerprint density at radius 2 is 1.78 bits per heavy atom. The third-order valence-electron chi connectivity index (χ3n) is 4.34. The highest BCUT2D eigenvalue weighted by molar-refractivity contribution is 5.70. The molecule has 0 unspecified atom stereocenters. The van der Waals surface area contributed by atoms with Gasteiger partial charge in [-0.15, -0.1) is 0 Å². The van der Waals surface area contributed by atoms with E-state index in [1.165, 1.54) is 16.7 Å². The summed E-state index contributed by atoms with van der Waals surface area (Å²) >= 11 is 0. The van der Waals surface area contributed by atoms with Crippen molar-refractivity contribution in [2.75, 3.05) is 13.1 Å². The van der Waals surface area contributed by atoms with Gasteiger partial charge in [-0.25, -0.2) is 4.79 Å². The highest BCUT2D eigenvalue weighted by atomic mass is 16.6. The second-order valence-corrected chi connectivity index (χ2v) is 7.52. The van der Waals surface area contributed by atoms with E-state index in [0.717, 1.165) is 32.5 Å². The van der Waals surface area contributed by atoms with E-state index in [9.17, 15) is 4.79 Å². The maximum Gasteiger partial charge on any atom is 0.410 e. The number of carbonyl (C=O) groups is 1. The lowest BCUT2D eigenvalue weighted by Gasteiger charge is -2.26. The summed E-state index contributed by atoms with van der Waals surface area (Å²) in [4.78, 5) is 14.0. The molecule has 1 aromatic rings. The molecule has 3 rings (SSSR count). The maximum atomic E-state index is 12.1. The number of amides is 1. The quantitative estimate of drug-likeness (QED) is 0.868. The Kier molecular flexibility index (Phi) is 4.44. The van der Waals surface area contributed by atoms with Gasteiger partial charge in [0.2, 0.25) is 0 Å². The minimum absolute atomic E-state index is 0.194. The van der Waals surface area contributed by atoms with Gasteiger partial charge in [0, 0.05) is 25.7 Å². The van der Waals surface area contributed by atoms with Gasteiger partial charge in [0.15, 0.2) is 0 Å². The number of hydrogen-bond acceptors (Lipinski definition) is 3. The molecule has 4 nitrogen and oxygen atoms in total. The maximum absolute atomic E-state index is 12.1. The standard InChI is InChI=1S/C19H26N2O2/c1-19(2,3)23-18(22)21-12-15-9-17(10-16(15)13-21)20-11-14-7-5-4-6-8-14/h4-8,17,20H,9-13H2,1-3H3. The van der Waals surface area contributed by atoms with Gasteiger partial charge in [-0.3, -0.25) is 0 Å². The van der Waals surface area contributed by atoms with Crippen LogP contribution in [0, 0.1) is 0 Å². The molecule has 1 amide bonds. The van der Waals surface area contributed by atoms with Gasteiger partial charge in [0.05, 0.1) is 0 Å². The van der Waals surface area contributed by atoms with Crippen molar-refractivity contribution >= 4 is 6.09 Å². The molecule has 1 aliphatic carbocycles.